The predicted molar refractivity (Wildman–Crippen MR) is 120 cm³/mol. The molecular weight excluding hydrogens is 458 g/mol. The van der Waals surface area contributed by atoms with Gasteiger partial charge in [0.25, 0.3) is 5.91 Å². The molecule has 0 saturated heterocycles. The Morgan fingerprint density at radius 2 is 2.03 bits per heavy atom. The quantitative estimate of drug-likeness (QED) is 0.297. The predicted octanol–water partition coefficient (Wildman–Crippen LogP) is 4.73. The number of aromatic nitrogens is 1. The molecule has 4 rings (SSSR count). The second-order valence-electron chi connectivity index (χ2n) is 7.32. The zero-order chi connectivity index (χ0) is 23.8. The Morgan fingerprint density at radius 1 is 1.24 bits per heavy atom. The first-order valence-electron chi connectivity index (χ1n) is 9.92. The number of methoxy groups -OCH3 is 1. The number of amides is 1. The third-order valence-electron chi connectivity index (χ3n) is 5.17. The number of nitrogens with one attached hydrogen (secondary N) is 2. The van der Waals surface area contributed by atoms with Gasteiger partial charge in [-0.05, 0) is 49.2 Å². The van der Waals surface area contributed by atoms with E-state index in [1.165, 1.54) is 25.3 Å². The summed E-state index contributed by atoms with van der Waals surface area (Å²) in [6, 6.07) is 11.0. The lowest BCUT2D eigenvalue weighted by atomic mass is 10.1. The molecule has 172 valence electrons. The molecule has 10 heteroatoms. The maximum Gasteiger partial charge on any atom is 0.487 e. The summed E-state index contributed by atoms with van der Waals surface area (Å²) in [6.45, 7) is 2.03. The largest absolute Gasteiger partial charge is 0.493 e. The highest BCUT2D eigenvalue weighted by atomic mass is 35.5. The van der Waals surface area contributed by atoms with Crippen molar-refractivity contribution < 1.29 is 27.5 Å². The number of benzene rings is 2. The number of alkyl halides is 3. The number of hydrogen-bond acceptors (Lipinski definition) is 5. The Labute approximate surface area is 191 Å². The minimum absolute atomic E-state index is 0.0871. The van der Waals surface area contributed by atoms with Crippen molar-refractivity contribution in [3.05, 3.63) is 69.7 Å². The first-order valence-corrected chi connectivity index (χ1v) is 10.3. The Morgan fingerprint density at radius 3 is 2.76 bits per heavy atom. The van der Waals surface area contributed by atoms with Gasteiger partial charge in [-0.25, -0.2) is 4.79 Å². The molecule has 0 bridgehead atoms. The summed E-state index contributed by atoms with van der Waals surface area (Å²) < 4.78 is 40.9. The third kappa shape index (κ3) is 4.78. The number of halogens is 3. The average Bonchev–Trinajstić information content (AvgIpc) is 3.06. The van der Waals surface area contributed by atoms with Crippen LogP contribution >= 0.6 is 11.6 Å². The highest BCUT2D eigenvalue weighted by Gasteiger charge is 2.28. The van der Waals surface area contributed by atoms with Crippen molar-refractivity contribution in [2.24, 2.45) is 0 Å². The number of carbonyl (C=O) groups excluding carboxylic acids is 1. The zero-order valence-electron chi connectivity index (χ0n) is 17.6. The molecule has 1 amide bonds. The Balaban J connectivity index is 1.52. The zero-order valence-corrected chi connectivity index (χ0v) is 18.4. The van der Waals surface area contributed by atoms with Crippen molar-refractivity contribution in [3.8, 4) is 11.5 Å². The van der Waals surface area contributed by atoms with Crippen LogP contribution in [0.4, 0.5) is 8.78 Å². The molecule has 33 heavy (non-hydrogen) atoms. The molecule has 0 aliphatic rings. The van der Waals surface area contributed by atoms with Gasteiger partial charge in [-0.2, -0.15) is 0 Å². The molecule has 7 nitrogen and oxygen atoms in total. The fraction of sp³-hybridized carbons (Fsp3) is 0.217. The van der Waals surface area contributed by atoms with Crippen LogP contribution in [0.25, 0.3) is 21.9 Å². The van der Waals surface area contributed by atoms with Crippen LogP contribution in [-0.4, -0.2) is 30.1 Å². The van der Waals surface area contributed by atoms with Gasteiger partial charge in [0.2, 0.25) is 0 Å². The minimum atomic E-state index is -3.82. The Kier molecular flexibility index (Phi) is 5.99. The van der Waals surface area contributed by atoms with Crippen LogP contribution in [0.3, 0.4) is 0 Å². The Hall–Kier alpha value is -3.59. The number of carbonyl (C=O) groups is 1. The van der Waals surface area contributed by atoms with Crippen molar-refractivity contribution in [3.63, 3.8) is 0 Å². The fourth-order valence-corrected chi connectivity index (χ4v) is 3.80. The second kappa shape index (κ2) is 8.74. The van der Waals surface area contributed by atoms with Gasteiger partial charge < -0.3 is 24.2 Å². The minimum Gasteiger partial charge on any atom is -0.493 e. The van der Waals surface area contributed by atoms with E-state index in [4.69, 9.17) is 20.8 Å². The van der Waals surface area contributed by atoms with E-state index in [1.54, 1.807) is 24.3 Å². The van der Waals surface area contributed by atoms with Gasteiger partial charge in [0, 0.05) is 40.1 Å². The van der Waals surface area contributed by atoms with Crippen LogP contribution in [0.15, 0.2) is 51.7 Å². The first-order chi connectivity index (χ1) is 15.7. The highest BCUT2D eigenvalue weighted by molar-refractivity contribution is 6.20. The lowest BCUT2D eigenvalue weighted by molar-refractivity contribution is -0.0964. The fourth-order valence-electron chi connectivity index (χ4n) is 3.71. The van der Waals surface area contributed by atoms with Crippen molar-refractivity contribution in [2.45, 2.75) is 18.9 Å². The maximum absolute atomic E-state index is 13.0. The van der Waals surface area contributed by atoms with E-state index in [-0.39, 0.29) is 23.4 Å². The summed E-state index contributed by atoms with van der Waals surface area (Å²) in [5, 5.41) is 3.92. The van der Waals surface area contributed by atoms with Gasteiger partial charge in [-0.15, -0.1) is 8.78 Å². The van der Waals surface area contributed by atoms with Gasteiger partial charge >= 0.3 is 11.2 Å². The van der Waals surface area contributed by atoms with E-state index in [0.29, 0.717) is 22.9 Å². The number of aromatic amines is 1. The number of aryl methyl sites for hydroxylation is 1. The molecule has 2 heterocycles. The van der Waals surface area contributed by atoms with Crippen molar-refractivity contribution >= 4 is 39.4 Å². The summed E-state index contributed by atoms with van der Waals surface area (Å²) in [5.41, 5.74) is -2.13. The summed E-state index contributed by atoms with van der Waals surface area (Å²) in [6.07, 6.45) is 0.380. The summed E-state index contributed by atoms with van der Waals surface area (Å²) in [7, 11) is 1.46. The van der Waals surface area contributed by atoms with Gasteiger partial charge in [0.05, 0.1) is 7.11 Å². The number of rotatable bonds is 7. The van der Waals surface area contributed by atoms with E-state index in [0.717, 1.165) is 16.8 Å². The standard InChI is InChI=1S/C23H19ClF2N2O5/c1-12-15(16-11-14(33-23(24,25)26)6-7-18(16)28-12)8-9-27-21(29)17-10-13-4-3-5-19(31-2)20(13)32-22(17)30/h3-7,10-11,28H,8-9H2,1-2H3,(H,27,29). The van der Waals surface area contributed by atoms with Crippen LogP contribution in [0.5, 0.6) is 11.5 Å². The molecule has 0 saturated carbocycles. The van der Waals surface area contributed by atoms with Crippen LogP contribution in [0, 0.1) is 6.92 Å². The molecule has 0 aliphatic heterocycles. The lowest BCUT2D eigenvalue weighted by Gasteiger charge is -2.11. The molecule has 0 fully saturated rings. The molecule has 0 aliphatic carbocycles. The maximum atomic E-state index is 13.0. The molecule has 2 aromatic carbocycles. The molecule has 4 aromatic rings. The molecule has 0 atom stereocenters. The Bertz CT molecular complexity index is 1410. The number of para-hydroxylation sites is 1. The smallest absolute Gasteiger partial charge is 0.487 e. The molecular formula is C23H19ClF2N2O5. The number of H-pyrrole nitrogens is 1. The van der Waals surface area contributed by atoms with E-state index >= 15 is 0 Å². The number of hydrogen-bond donors (Lipinski definition) is 2. The van der Waals surface area contributed by atoms with E-state index in [1.807, 2.05) is 6.92 Å². The molecule has 0 radical (unpaired) electrons. The second-order valence-corrected chi connectivity index (χ2v) is 7.76. The SMILES string of the molecule is COc1cccc2cc(C(=O)NCCc3c(C)[nH]c4ccc(OC(F)(F)Cl)cc34)c(=O)oc12. The molecule has 0 unspecified atom stereocenters. The normalized spacial score (nSPS) is 11.7. The summed E-state index contributed by atoms with van der Waals surface area (Å²) >= 11 is 4.86. The van der Waals surface area contributed by atoms with Crippen LogP contribution in [0.2, 0.25) is 0 Å². The average molecular weight is 477 g/mol. The van der Waals surface area contributed by atoms with Crippen molar-refractivity contribution in [2.75, 3.05) is 13.7 Å². The highest BCUT2D eigenvalue weighted by Crippen LogP contribution is 2.31. The van der Waals surface area contributed by atoms with Gasteiger partial charge in [0.15, 0.2) is 11.3 Å². The lowest BCUT2D eigenvalue weighted by Crippen LogP contribution is -2.30. The first kappa shape index (κ1) is 22.6. The number of ether oxygens (including phenoxy) is 2. The van der Waals surface area contributed by atoms with E-state index in [2.05, 4.69) is 15.0 Å². The third-order valence-corrected chi connectivity index (χ3v) is 5.25. The topological polar surface area (TPSA) is 93.6 Å². The van der Waals surface area contributed by atoms with Crippen LogP contribution in [-0.2, 0) is 6.42 Å². The van der Waals surface area contributed by atoms with Crippen LogP contribution < -0.4 is 20.4 Å². The molecule has 2 N–H and O–H groups in total. The van der Waals surface area contributed by atoms with Crippen LogP contribution in [0.1, 0.15) is 21.6 Å². The number of fused-ring (bicyclic) bond motifs is 2. The molecule has 0 spiro atoms. The van der Waals surface area contributed by atoms with Crippen molar-refractivity contribution in [1.29, 1.82) is 0 Å². The van der Waals surface area contributed by atoms with Crippen molar-refractivity contribution in [1.82, 2.24) is 10.3 Å². The summed E-state index contributed by atoms with van der Waals surface area (Å²) in [4.78, 5) is 28.1. The summed E-state index contributed by atoms with van der Waals surface area (Å²) in [5.74, 6) is -0.283. The van der Waals surface area contributed by atoms with E-state index in [9.17, 15) is 18.4 Å². The van der Waals surface area contributed by atoms with Gasteiger partial charge in [-0.3, -0.25) is 4.79 Å². The van der Waals surface area contributed by atoms with Gasteiger partial charge in [-0.1, -0.05) is 12.1 Å². The molecule has 2 aromatic heterocycles. The van der Waals surface area contributed by atoms with E-state index < -0.39 is 17.1 Å². The van der Waals surface area contributed by atoms with Gasteiger partial charge in [0.1, 0.15) is 11.3 Å². The monoisotopic (exact) mass is 476 g/mol.